The van der Waals surface area contributed by atoms with Gasteiger partial charge in [0.15, 0.2) is 5.12 Å². The summed E-state index contributed by atoms with van der Waals surface area (Å²) in [4.78, 5) is 47.8. The molecule has 1 N–H and O–H groups in total. The summed E-state index contributed by atoms with van der Waals surface area (Å²) in [6.45, 7) is 8.87. The summed E-state index contributed by atoms with van der Waals surface area (Å²) in [5.41, 5.74) is 0.166. The number of nitrogens with zero attached hydrogens (tertiary/aromatic N) is 2. The minimum atomic E-state index is -0.834. The van der Waals surface area contributed by atoms with Crippen LogP contribution in [0.5, 0.6) is 0 Å². The molecule has 1 aromatic rings. The normalized spacial score (nSPS) is 12.0. The van der Waals surface area contributed by atoms with Gasteiger partial charge in [-0.25, -0.2) is 9.59 Å². The van der Waals surface area contributed by atoms with E-state index in [1.54, 1.807) is 39.8 Å². The lowest BCUT2D eigenvalue weighted by molar-refractivity contribution is -0.384. The van der Waals surface area contributed by atoms with E-state index in [0.29, 0.717) is 25.3 Å². The van der Waals surface area contributed by atoms with Gasteiger partial charge in [-0.1, -0.05) is 23.9 Å². The van der Waals surface area contributed by atoms with Gasteiger partial charge in [-0.3, -0.25) is 14.9 Å². The molecule has 0 aliphatic heterocycles. The molecule has 30 heavy (non-hydrogen) atoms. The third-order valence-corrected chi connectivity index (χ3v) is 4.66. The van der Waals surface area contributed by atoms with Crippen LogP contribution in [0.4, 0.5) is 10.5 Å². The zero-order valence-electron chi connectivity index (χ0n) is 18.0. The number of thioether (sulfide) groups is 1. The topological polar surface area (TPSA) is 119 Å². The number of nitro groups is 1. The van der Waals surface area contributed by atoms with Crippen molar-refractivity contribution >= 4 is 34.6 Å². The maximum Gasteiger partial charge on any atom is 0.328 e. The fourth-order valence-corrected chi connectivity index (χ4v) is 2.99. The molecule has 0 aliphatic carbocycles. The molecule has 1 atom stereocenters. The molecule has 0 spiro atoms. The maximum atomic E-state index is 12.7. The van der Waals surface area contributed by atoms with Crippen LogP contribution in [-0.2, 0) is 20.7 Å². The number of hydrogen-bond acceptors (Lipinski definition) is 7. The average molecular weight is 440 g/mol. The molecule has 10 heteroatoms. The lowest BCUT2D eigenvalue weighted by Gasteiger charge is -2.26. The highest BCUT2D eigenvalue weighted by molar-refractivity contribution is 8.13. The van der Waals surface area contributed by atoms with Gasteiger partial charge in [0.25, 0.3) is 5.69 Å². The molecule has 1 aromatic carbocycles. The molecule has 0 aromatic heterocycles. The smallest absolute Gasteiger partial charge is 0.328 e. The second-order valence-corrected chi connectivity index (χ2v) is 8.98. The molecule has 1 rings (SSSR count). The Bertz CT molecular complexity index is 761. The van der Waals surface area contributed by atoms with Crippen LogP contribution in [0.1, 0.15) is 40.2 Å². The standard InChI is InChI=1S/C20H29N3O6S/c1-14(18(25)29-20(3,4)5)21-19(26)22(12-13-30-15(2)24)11-10-16-6-8-17(9-7-16)23(27)28/h6-9,14H,10-13H2,1-5H3,(H,21,26). The first-order chi connectivity index (χ1) is 13.9. The number of esters is 1. The number of hydrogen-bond donors (Lipinski definition) is 1. The Labute approximate surface area is 180 Å². The summed E-state index contributed by atoms with van der Waals surface area (Å²) in [7, 11) is 0. The first-order valence-corrected chi connectivity index (χ1v) is 10.5. The van der Waals surface area contributed by atoms with Crippen LogP contribution >= 0.6 is 11.8 Å². The van der Waals surface area contributed by atoms with Crippen molar-refractivity contribution in [2.45, 2.75) is 52.7 Å². The quantitative estimate of drug-likeness (QED) is 0.356. The monoisotopic (exact) mass is 439 g/mol. The van der Waals surface area contributed by atoms with Crippen molar-refractivity contribution < 1.29 is 24.0 Å². The van der Waals surface area contributed by atoms with E-state index in [2.05, 4.69) is 5.32 Å². The van der Waals surface area contributed by atoms with Crippen LogP contribution in [0, 0.1) is 10.1 Å². The van der Waals surface area contributed by atoms with Crippen molar-refractivity contribution in [3.63, 3.8) is 0 Å². The van der Waals surface area contributed by atoms with Gasteiger partial charge in [-0.2, -0.15) is 0 Å². The molecular formula is C20H29N3O6S. The highest BCUT2D eigenvalue weighted by atomic mass is 32.2. The number of nitro benzene ring substituents is 1. The van der Waals surface area contributed by atoms with Gasteiger partial charge in [0.1, 0.15) is 11.6 Å². The van der Waals surface area contributed by atoms with E-state index in [-0.39, 0.29) is 10.8 Å². The predicted molar refractivity (Wildman–Crippen MR) is 115 cm³/mol. The van der Waals surface area contributed by atoms with Crippen LogP contribution in [0.2, 0.25) is 0 Å². The van der Waals surface area contributed by atoms with Crippen LogP contribution < -0.4 is 5.32 Å². The molecule has 0 saturated carbocycles. The summed E-state index contributed by atoms with van der Waals surface area (Å²) in [5, 5.41) is 13.3. The molecule has 1 unspecified atom stereocenters. The Hall–Kier alpha value is -2.62. The SMILES string of the molecule is CC(=O)SCCN(CCc1ccc([N+](=O)[O-])cc1)C(=O)NC(C)C(=O)OC(C)(C)C. The van der Waals surface area contributed by atoms with E-state index in [1.807, 2.05) is 0 Å². The molecule has 2 amide bonds. The Morgan fingerprint density at radius 2 is 1.80 bits per heavy atom. The van der Waals surface area contributed by atoms with Crippen molar-refractivity contribution in [3.05, 3.63) is 39.9 Å². The fourth-order valence-electron chi connectivity index (χ4n) is 2.39. The largest absolute Gasteiger partial charge is 0.458 e. The highest BCUT2D eigenvalue weighted by Gasteiger charge is 2.25. The number of carbonyl (C=O) groups excluding carboxylic acids is 3. The number of carbonyl (C=O) groups is 3. The Balaban J connectivity index is 2.75. The number of urea groups is 1. The van der Waals surface area contributed by atoms with Gasteiger partial charge in [0, 0.05) is 37.9 Å². The number of amides is 2. The summed E-state index contributed by atoms with van der Waals surface area (Å²) < 4.78 is 5.28. The van der Waals surface area contributed by atoms with E-state index in [9.17, 15) is 24.5 Å². The summed E-state index contributed by atoms with van der Waals surface area (Å²) in [5.74, 6) is -0.117. The first-order valence-electron chi connectivity index (χ1n) is 9.54. The third-order valence-electron chi connectivity index (χ3n) is 3.87. The Kier molecular flexibility index (Phi) is 9.77. The molecular weight excluding hydrogens is 410 g/mol. The van der Waals surface area contributed by atoms with Gasteiger partial charge in [-0.05, 0) is 39.7 Å². The van der Waals surface area contributed by atoms with E-state index in [0.717, 1.165) is 17.3 Å². The molecule has 166 valence electrons. The van der Waals surface area contributed by atoms with E-state index >= 15 is 0 Å². The van der Waals surface area contributed by atoms with Crippen LogP contribution in [0.3, 0.4) is 0 Å². The van der Waals surface area contributed by atoms with Crippen LogP contribution in [0.25, 0.3) is 0 Å². The van der Waals surface area contributed by atoms with E-state index in [1.165, 1.54) is 24.0 Å². The highest BCUT2D eigenvalue weighted by Crippen LogP contribution is 2.13. The minimum Gasteiger partial charge on any atom is -0.458 e. The predicted octanol–water partition coefficient (Wildman–Crippen LogP) is 3.16. The van der Waals surface area contributed by atoms with Crippen molar-refractivity contribution in [2.24, 2.45) is 0 Å². The number of ether oxygens (including phenoxy) is 1. The van der Waals surface area contributed by atoms with E-state index in [4.69, 9.17) is 4.74 Å². The number of benzene rings is 1. The maximum absolute atomic E-state index is 12.7. The zero-order valence-corrected chi connectivity index (χ0v) is 18.8. The number of non-ortho nitro benzene ring substituents is 1. The van der Waals surface area contributed by atoms with Crippen molar-refractivity contribution in [1.82, 2.24) is 10.2 Å². The first kappa shape index (κ1) is 25.4. The van der Waals surface area contributed by atoms with Gasteiger partial charge in [0.05, 0.1) is 4.92 Å². The van der Waals surface area contributed by atoms with Gasteiger partial charge in [0.2, 0.25) is 0 Å². The molecule has 0 heterocycles. The Morgan fingerprint density at radius 3 is 2.30 bits per heavy atom. The average Bonchev–Trinajstić information content (AvgIpc) is 2.62. The molecule has 0 fully saturated rings. The van der Waals surface area contributed by atoms with E-state index < -0.39 is 28.6 Å². The molecule has 0 saturated heterocycles. The fraction of sp³-hybridized carbons (Fsp3) is 0.550. The second-order valence-electron chi connectivity index (χ2n) is 7.71. The minimum absolute atomic E-state index is 0.00241. The summed E-state index contributed by atoms with van der Waals surface area (Å²) in [6.07, 6.45) is 0.469. The molecule has 0 bridgehead atoms. The van der Waals surface area contributed by atoms with Gasteiger partial charge >= 0.3 is 12.0 Å². The van der Waals surface area contributed by atoms with Crippen molar-refractivity contribution in [3.8, 4) is 0 Å². The molecule has 9 nitrogen and oxygen atoms in total. The van der Waals surface area contributed by atoms with Crippen LogP contribution in [0.15, 0.2) is 24.3 Å². The zero-order chi connectivity index (χ0) is 22.9. The third kappa shape index (κ3) is 9.73. The number of rotatable bonds is 9. The van der Waals surface area contributed by atoms with Crippen LogP contribution in [-0.4, -0.2) is 57.4 Å². The Morgan fingerprint density at radius 1 is 1.20 bits per heavy atom. The molecule has 0 radical (unpaired) electrons. The van der Waals surface area contributed by atoms with Gasteiger partial charge < -0.3 is 15.0 Å². The lowest BCUT2D eigenvalue weighted by atomic mass is 10.1. The lowest BCUT2D eigenvalue weighted by Crippen LogP contribution is -2.49. The second kappa shape index (κ2) is 11.5. The number of nitrogens with one attached hydrogen (secondary N) is 1. The van der Waals surface area contributed by atoms with Crippen molar-refractivity contribution in [1.29, 1.82) is 0 Å². The molecule has 0 aliphatic rings. The van der Waals surface area contributed by atoms with Gasteiger partial charge in [-0.15, -0.1) is 0 Å². The van der Waals surface area contributed by atoms with Crippen molar-refractivity contribution in [2.75, 3.05) is 18.8 Å². The summed E-state index contributed by atoms with van der Waals surface area (Å²) in [6, 6.07) is 4.83. The summed E-state index contributed by atoms with van der Waals surface area (Å²) >= 11 is 1.11.